The molecular formula is C5H8N4O2. The van der Waals surface area contributed by atoms with Crippen molar-refractivity contribution in [3.63, 3.8) is 0 Å². The molecule has 0 N–H and O–H groups in total. The number of hydrogen-bond donors (Lipinski definition) is 0. The van der Waals surface area contributed by atoms with Crippen molar-refractivity contribution in [1.82, 2.24) is 15.0 Å². The summed E-state index contributed by atoms with van der Waals surface area (Å²) in [6.07, 6.45) is 1.14. The molecule has 6 nitrogen and oxygen atoms in total. The van der Waals surface area contributed by atoms with Gasteiger partial charge in [0.2, 0.25) is 0 Å². The maximum Gasteiger partial charge on any atom is 0.410 e. The average molecular weight is 156 g/mol. The topological polar surface area (TPSA) is 73.8 Å². The first-order chi connectivity index (χ1) is 5.11. The van der Waals surface area contributed by atoms with E-state index in [1.807, 2.05) is 13.8 Å². The Bertz CT molecular complexity index is 267. The van der Waals surface area contributed by atoms with Gasteiger partial charge in [0.05, 0.1) is 11.1 Å². The molecule has 0 amide bonds. The van der Waals surface area contributed by atoms with Crippen molar-refractivity contribution in [2.24, 2.45) is 0 Å². The van der Waals surface area contributed by atoms with E-state index in [1.165, 1.54) is 4.80 Å². The minimum absolute atomic E-state index is 0.0590. The number of nitro groups is 1. The summed E-state index contributed by atoms with van der Waals surface area (Å²) in [5.41, 5.74) is 0. The Balaban J connectivity index is 2.90. The van der Waals surface area contributed by atoms with Gasteiger partial charge in [-0.3, -0.25) is 0 Å². The Labute approximate surface area is 63.0 Å². The minimum Gasteiger partial charge on any atom is -0.358 e. The zero-order chi connectivity index (χ0) is 8.43. The van der Waals surface area contributed by atoms with E-state index in [9.17, 15) is 10.1 Å². The molecule has 0 fully saturated rings. The molecule has 0 aromatic carbocycles. The Morgan fingerprint density at radius 2 is 2.36 bits per heavy atom. The summed E-state index contributed by atoms with van der Waals surface area (Å²) in [5.74, 6) is -0.210. The zero-order valence-electron chi connectivity index (χ0n) is 6.26. The molecular weight excluding hydrogens is 148 g/mol. The fourth-order valence-corrected chi connectivity index (χ4v) is 0.600. The molecule has 0 spiro atoms. The van der Waals surface area contributed by atoms with Crippen LogP contribution in [0.1, 0.15) is 19.9 Å². The molecule has 1 aromatic rings. The van der Waals surface area contributed by atoms with Crippen LogP contribution in [0.25, 0.3) is 0 Å². The quantitative estimate of drug-likeness (QED) is 0.468. The van der Waals surface area contributed by atoms with Crippen LogP contribution in [0.15, 0.2) is 6.20 Å². The smallest absolute Gasteiger partial charge is 0.358 e. The van der Waals surface area contributed by atoms with Crippen LogP contribution in [-0.2, 0) is 0 Å². The first kappa shape index (κ1) is 7.64. The van der Waals surface area contributed by atoms with Gasteiger partial charge >= 0.3 is 5.82 Å². The predicted octanol–water partition coefficient (Wildman–Crippen LogP) is 0.767. The zero-order valence-corrected chi connectivity index (χ0v) is 6.26. The molecule has 60 valence electrons. The van der Waals surface area contributed by atoms with Crippen molar-refractivity contribution in [3.05, 3.63) is 16.3 Å². The summed E-state index contributed by atoms with van der Waals surface area (Å²) < 4.78 is 0. The van der Waals surface area contributed by atoms with Crippen molar-refractivity contribution >= 4 is 5.82 Å². The Morgan fingerprint density at radius 3 is 2.64 bits per heavy atom. The second-order valence-corrected chi connectivity index (χ2v) is 2.37. The summed E-state index contributed by atoms with van der Waals surface area (Å²) in [5, 5.41) is 17.4. The molecule has 0 aliphatic carbocycles. The molecule has 0 aliphatic heterocycles. The molecule has 1 rings (SSSR count). The monoisotopic (exact) mass is 156 g/mol. The molecule has 0 atom stereocenters. The van der Waals surface area contributed by atoms with Gasteiger partial charge in [0, 0.05) is 0 Å². The first-order valence-electron chi connectivity index (χ1n) is 3.17. The lowest BCUT2D eigenvalue weighted by Gasteiger charge is -1.94. The molecule has 0 saturated carbocycles. The van der Waals surface area contributed by atoms with E-state index < -0.39 is 4.92 Å². The van der Waals surface area contributed by atoms with E-state index in [0.717, 1.165) is 6.20 Å². The highest BCUT2D eigenvalue weighted by Gasteiger charge is 2.13. The standard InChI is InChI=1S/C5H8N4O2/c1-4(2)8-6-3-5(7-8)9(10)11/h3-4H,1-2H3. The van der Waals surface area contributed by atoms with Crippen molar-refractivity contribution < 1.29 is 4.92 Å². The fourth-order valence-electron chi connectivity index (χ4n) is 0.600. The Morgan fingerprint density at radius 1 is 1.73 bits per heavy atom. The second-order valence-electron chi connectivity index (χ2n) is 2.37. The predicted molar refractivity (Wildman–Crippen MR) is 37.1 cm³/mol. The van der Waals surface area contributed by atoms with E-state index in [-0.39, 0.29) is 11.9 Å². The third-order valence-corrected chi connectivity index (χ3v) is 1.15. The van der Waals surface area contributed by atoms with Crippen molar-refractivity contribution in [2.45, 2.75) is 19.9 Å². The normalized spacial score (nSPS) is 10.5. The third-order valence-electron chi connectivity index (χ3n) is 1.15. The van der Waals surface area contributed by atoms with Crippen molar-refractivity contribution in [2.75, 3.05) is 0 Å². The SMILES string of the molecule is CC(C)n1ncc([N+](=O)[O-])n1. The Kier molecular flexibility index (Phi) is 1.84. The van der Waals surface area contributed by atoms with Crippen molar-refractivity contribution in [3.8, 4) is 0 Å². The minimum atomic E-state index is -0.564. The van der Waals surface area contributed by atoms with Crippen LogP contribution in [0.3, 0.4) is 0 Å². The van der Waals surface area contributed by atoms with E-state index in [2.05, 4.69) is 10.2 Å². The van der Waals surface area contributed by atoms with Gasteiger partial charge in [0.15, 0.2) is 6.20 Å². The van der Waals surface area contributed by atoms with Crippen LogP contribution in [0.2, 0.25) is 0 Å². The molecule has 11 heavy (non-hydrogen) atoms. The van der Waals surface area contributed by atoms with E-state index in [4.69, 9.17) is 0 Å². The summed E-state index contributed by atoms with van der Waals surface area (Å²) >= 11 is 0. The van der Waals surface area contributed by atoms with Gasteiger partial charge in [0.25, 0.3) is 0 Å². The maximum atomic E-state index is 10.1. The van der Waals surface area contributed by atoms with E-state index in [1.54, 1.807) is 0 Å². The highest BCUT2D eigenvalue weighted by Crippen LogP contribution is 2.06. The van der Waals surface area contributed by atoms with Gasteiger partial charge in [-0.2, -0.15) is 0 Å². The highest BCUT2D eigenvalue weighted by molar-refractivity contribution is 5.08. The maximum absolute atomic E-state index is 10.1. The van der Waals surface area contributed by atoms with E-state index in [0.29, 0.717) is 0 Å². The van der Waals surface area contributed by atoms with Crippen LogP contribution in [-0.4, -0.2) is 19.9 Å². The molecule has 6 heteroatoms. The highest BCUT2D eigenvalue weighted by atomic mass is 16.6. The molecule has 1 heterocycles. The summed E-state index contributed by atoms with van der Waals surface area (Å²) in [7, 11) is 0. The second kappa shape index (κ2) is 2.65. The lowest BCUT2D eigenvalue weighted by atomic mass is 10.4. The largest absolute Gasteiger partial charge is 0.410 e. The molecule has 1 aromatic heterocycles. The molecule has 0 radical (unpaired) electrons. The summed E-state index contributed by atoms with van der Waals surface area (Å²) in [6.45, 7) is 3.70. The van der Waals surface area contributed by atoms with Gasteiger partial charge < -0.3 is 10.1 Å². The van der Waals surface area contributed by atoms with Gasteiger partial charge in [-0.1, -0.05) is 4.80 Å². The third kappa shape index (κ3) is 1.51. The van der Waals surface area contributed by atoms with Crippen LogP contribution < -0.4 is 0 Å². The number of hydrogen-bond acceptors (Lipinski definition) is 4. The molecule has 0 unspecified atom stereocenters. The van der Waals surface area contributed by atoms with Crippen molar-refractivity contribution in [1.29, 1.82) is 0 Å². The van der Waals surface area contributed by atoms with Crippen LogP contribution in [0.4, 0.5) is 5.82 Å². The van der Waals surface area contributed by atoms with Crippen LogP contribution >= 0.6 is 0 Å². The van der Waals surface area contributed by atoms with Gasteiger partial charge in [-0.15, -0.1) is 5.10 Å². The number of aromatic nitrogens is 3. The number of nitrogens with zero attached hydrogens (tertiary/aromatic N) is 4. The van der Waals surface area contributed by atoms with Crippen LogP contribution in [0, 0.1) is 10.1 Å². The lowest BCUT2D eigenvalue weighted by Crippen LogP contribution is -2.04. The van der Waals surface area contributed by atoms with E-state index >= 15 is 0 Å². The Hall–Kier alpha value is -1.46. The average Bonchev–Trinajstić information content (AvgIpc) is 2.33. The number of rotatable bonds is 2. The molecule has 0 saturated heterocycles. The summed E-state index contributed by atoms with van der Waals surface area (Å²) in [6, 6.07) is 0.0590. The molecule has 0 aliphatic rings. The van der Waals surface area contributed by atoms with Crippen LogP contribution in [0.5, 0.6) is 0 Å². The summed E-state index contributed by atoms with van der Waals surface area (Å²) in [4.78, 5) is 10.9. The fraction of sp³-hybridized carbons (Fsp3) is 0.600. The first-order valence-corrected chi connectivity index (χ1v) is 3.17. The van der Waals surface area contributed by atoms with Gasteiger partial charge in [-0.05, 0) is 18.8 Å². The van der Waals surface area contributed by atoms with Gasteiger partial charge in [-0.25, -0.2) is 0 Å². The molecule has 0 bridgehead atoms. The van der Waals surface area contributed by atoms with Gasteiger partial charge in [0.1, 0.15) is 0 Å². The lowest BCUT2D eigenvalue weighted by molar-refractivity contribution is -0.389.